The Morgan fingerprint density at radius 3 is 2.37 bits per heavy atom. The summed E-state index contributed by atoms with van der Waals surface area (Å²) >= 11 is 0. The molecule has 1 amide bonds. The van der Waals surface area contributed by atoms with Gasteiger partial charge in [-0.15, -0.1) is 0 Å². The Hall–Kier alpha value is -3.94. The molecular formula is C22H20N2O6. The molecule has 8 heteroatoms. The number of hydrogen-bond acceptors (Lipinski definition) is 6. The summed E-state index contributed by atoms with van der Waals surface area (Å²) in [7, 11) is 1.29. The van der Waals surface area contributed by atoms with Crippen molar-refractivity contribution in [3.05, 3.63) is 65.9 Å². The Labute approximate surface area is 172 Å². The minimum atomic E-state index is -0.630. The highest BCUT2D eigenvalue weighted by Gasteiger charge is 2.17. The van der Waals surface area contributed by atoms with Crippen molar-refractivity contribution < 1.29 is 28.7 Å². The molecule has 0 saturated carbocycles. The van der Waals surface area contributed by atoms with Crippen LogP contribution >= 0.6 is 0 Å². The molecule has 154 valence electrons. The number of para-hydroxylation sites is 1. The van der Waals surface area contributed by atoms with Crippen LogP contribution in [0.15, 0.2) is 54.7 Å². The lowest BCUT2D eigenvalue weighted by Crippen LogP contribution is -2.22. The molecule has 0 unspecified atom stereocenters. The number of esters is 2. The van der Waals surface area contributed by atoms with Crippen molar-refractivity contribution in [2.45, 2.75) is 13.5 Å². The van der Waals surface area contributed by atoms with Crippen LogP contribution in [0.25, 0.3) is 10.9 Å². The number of methoxy groups -OCH3 is 1. The Morgan fingerprint density at radius 2 is 1.70 bits per heavy atom. The molecule has 0 aliphatic rings. The van der Waals surface area contributed by atoms with Crippen molar-refractivity contribution >= 4 is 40.2 Å². The van der Waals surface area contributed by atoms with E-state index in [-0.39, 0.29) is 12.3 Å². The highest BCUT2D eigenvalue weighted by Crippen LogP contribution is 2.22. The van der Waals surface area contributed by atoms with E-state index in [1.165, 1.54) is 20.2 Å². The number of nitrogens with zero attached hydrogens (tertiary/aromatic N) is 1. The van der Waals surface area contributed by atoms with E-state index in [1.807, 2.05) is 0 Å². The Balaban J connectivity index is 1.60. The molecule has 8 nitrogen and oxygen atoms in total. The first-order chi connectivity index (χ1) is 14.4. The van der Waals surface area contributed by atoms with Gasteiger partial charge in [-0.25, -0.2) is 4.79 Å². The van der Waals surface area contributed by atoms with Gasteiger partial charge >= 0.3 is 11.9 Å². The molecule has 30 heavy (non-hydrogen) atoms. The lowest BCUT2D eigenvalue weighted by atomic mass is 10.1. The van der Waals surface area contributed by atoms with E-state index in [0.717, 1.165) is 0 Å². The van der Waals surface area contributed by atoms with E-state index in [2.05, 4.69) is 5.32 Å². The average Bonchev–Trinajstić information content (AvgIpc) is 3.10. The van der Waals surface area contributed by atoms with Gasteiger partial charge in [0.05, 0.1) is 12.7 Å². The van der Waals surface area contributed by atoms with Crippen LogP contribution in [0.1, 0.15) is 27.6 Å². The van der Waals surface area contributed by atoms with Crippen LogP contribution in [-0.2, 0) is 25.6 Å². The molecule has 0 atom stereocenters. The number of carbonyl (C=O) groups excluding carboxylic acids is 4. The summed E-state index contributed by atoms with van der Waals surface area (Å²) in [5.41, 5.74) is 2.03. The zero-order chi connectivity index (χ0) is 21.7. The lowest BCUT2D eigenvalue weighted by Gasteiger charge is -2.08. The topological polar surface area (TPSA) is 104 Å². The summed E-state index contributed by atoms with van der Waals surface area (Å²) < 4.78 is 11.4. The normalized spacial score (nSPS) is 10.5. The van der Waals surface area contributed by atoms with Gasteiger partial charge in [-0.05, 0) is 37.3 Å². The highest BCUT2D eigenvalue weighted by molar-refractivity contribution is 6.04. The summed E-state index contributed by atoms with van der Waals surface area (Å²) in [6.07, 6.45) is 1.52. The molecule has 1 N–H and O–H groups in total. The first-order valence-electron chi connectivity index (χ1n) is 9.11. The van der Waals surface area contributed by atoms with Crippen LogP contribution in [0.5, 0.6) is 0 Å². The SMILES string of the molecule is COC(=O)c1cn(CC(=O)OCC(=O)Nc2ccc(C(C)=O)cc2)c2ccccc12. The smallest absolute Gasteiger partial charge is 0.340 e. The molecule has 0 radical (unpaired) electrons. The summed E-state index contributed by atoms with van der Waals surface area (Å²) in [5, 5.41) is 3.24. The number of carbonyl (C=O) groups is 4. The second kappa shape index (κ2) is 9.04. The monoisotopic (exact) mass is 408 g/mol. The van der Waals surface area contributed by atoms with Crippen LogP contribution in [0.3, 0.4) is 0 Å². The van der Waals surface area contributed by atoms with E-state index in [9.17, 15) is 19.2 Å². The van der Waals surface area contributed by atoms with Gasteiger partial charge in [-0.1, -0.05) is 18.2 Å². The van der Waals surface area contributed by atoms with Gasteiger partial charge in [0.15, 0.2) is 12.4 Å². The van der Waals surface area contributed by atoms with Crippen molar-refractivity contribution in [1.82, 2.24) is 4.57 Å². The third-order valence-electron chi connectivity index (χ3n) is 4.43. The number of rotatable bonds is 7. The van der Waals surface area contributed by atoms with Crippen molar-refractivity contribution in [2.24, 2.45) is 0 Å². The van der Waals surface area contributed by atoms with E-state index in [4.69, 9.17) is 9.47 Å². The highest BCUT2D eigenvalue weighted by atomic mass is 16.5. The van der Waals surface area contributed by atoms with E-state index >= 15 is 0 Å². The van der Waals surface area contributed by atoms with Crippen molar-refractivity contribution in [3.8, 4) is 0 Å². The number of Topliss-reactive ketones (excluding diaryl/α,β-unsaturated/α-hetero) is 1. The van der Waals surface area contributed by atoms with Crippen molar-refractivity contribution in [3.63, 3.8) is 0 Å². The number of amides is 1. The number of benzene rings is 2. The summed E-state index contributed by atoms with van der Waals surface area (Å²) in [6, 6.07) is 13.5. The van der Waals surface area contributed by atoms with E-state index in [0.29, 0.717) is 27.7 Å². The maximum atomic E-state index is 12.2. The van der Waals surface area contributed by atoms with Gasteiger partial charge in [-0.3, -0.25) is 14.4 Å². The van der Waals surface area contributed by atoms with Crippen LogP contribution in [-0.4, -0.2) is 41.9 Å². The van der Waals surface area contributed by atoms with Gasteiger partial charge in [0, 0.05) is 28.4 Å². The van der Waals surface area contributed by atoms with Crippen LogP contribution in [0, 0.1) is 0 Å². The third-order valence-corrected chi connectivity index (χ3v) is 4.43. The molecule has 1 heterocycles. The molecule has 3 aromatic rings. The number of aromatic nitrogens is 1. The van der Waals surface area contributed by atoms with Crippen LogP contribution in [0.2, 0.25) is 0 Å². The average molecular weight is 408 g/mol. The largest absolute Gasteiger partial charge is 0.465 e. The maximum absolute atomic E-state index is 12.2. The third kappa shape index (κ3) is 4.72. The fourth-order valence-corrected chi connectivity index (χ4v) is 2.97. The summed E-state index contributed by atoms with van der Waals surface area (Å²) in [6.45, 7) is 0.823. The maximum Gasteiger partial charge on any atom is 0.340 e. The molecule has 0 saturated heterocycles. The fourth-order valence-electron chi connectivity index (χ4n) is 2.97. The van der Waals surface area contributed by atoms with Gasteiger partial charge in [-0.2, -0.15) is 0 Å². The van der Waals surface area contributed by atoms with Gasteiger partial charge in [0.2, 0.25) is 0 Å². The minimum Gasteiger partial charge on any atom is -0.465 e. The summed E-state index contributed by atoms with van der Waals surface area (Å²) in [5.74, 6) is -1.72. The Morgan fingerprint density at radius 1 is 1.00 bits per heavy atom. The van der Waals surface area contributed by atoms with Crippen LogP contribution in [0.4, 0.5) is 5.69 Å². The van der Waals surface area contributed by atoms with Gasteiger partial charge in [0.25, 0.3) is 5.91 Å². The number of fused-ring (bicyclic) bond motifs is 1. The second-order valence-electron chi connectivity index (χ2n) is 6.52. The number of anilines is 1. The molecule has 0 fully saturated rings. The second-order valence-corrected chi connectivity index (χ2v) is 6.52. The molecule has 0 bridgehead atoms. The molecule has 0 aliphatic heterocycles. The molecule has 2 aromatic carbocycles. The van der Waals surface area contributed by atoms with Gasteiger partial charge < -0.3 is 19.4 Å². The Bertz CT molecular complexity index is 1110. The molecular weight excluding hydrogens is 388 g/mol. The Kier molecular flexibility index (Phi) is 6.26. The van der Waals surface area contributed by atoms with Crippen molar-refractivity contribution in [1.29, 1.82) is 0 Å². The number of ketones is 1. The molecule has 1 aromatic heterocycles. The summed E-state index contributed by atoms with van der Waals surface area (Å²) in [4.78, 5) is 47.4. The number of hydrogen-bond donors (Lipinski definition) is 1. The van der Waals surface area contributed by atoms with E-state index < -0.39 is 24.5 Å². The van der Waals surface area contributed by atoms with Gasteiger partial charge in [0.1, 0.15) is 6.54 Å². The predicted molar refractivity (Wildman–Crippen MR) is 109 cm³/mol. The minimum absolute atomic E-state index is 0.0744. The molecule has 3 rings (SSSR count). The number of nitrogens with one attached hydrogen (secondary N) is 1. The lowest BCUT2D eigenvalue weighted by molar-refractivity contribution is -0.147. The molecule has 0 spiro atoms. The first-order valence-corrected chi connectivity index (χ1v) is 9.11. The first kappa shape index (κ1) is 20.8. The van der Waals surface area contributed by atoms with Crippen LogP contribution < -0.4 is 5.32 Å². The number of ether oxygens (including phenoxy) is 2. The zero-order valence-electron chi connectivity index (χ0n) is 16.5. The van der Waals surface area contributed by atoms with E-state index in [1.54, 1.807) is 53.1 Å². The fraction of sp³-hybridized carbons (Fsp3) is 0.182. The standard InChI is InChI=1S/C22H20N2O6/c1-14(25)15-7-9-16(10-8-15)23-20(26)13-30-21(27)12-24-11-18(22(28)29-2)17-5-3-4-6-19(17)24/h3-11H,12-13H2,1-2H3,(H,23,26). The quantitative estimate of drug-likeness (QED) is 0.476. The molecule has 0 aliphatic carbocycles. The zero-order valence-corrected chi connectivity index (χ0v) is 16.5. The predicted octanol–water partition coefficient (Wildman–Crippen LogP) is 2.81. The van der Waals surface area contributed by atoms with Crippen molar-refractivity contribution in [2.75, 3.05) is 19.0 Å².